The lowest BCUT2D eigenvalue weighted by Gasteiger charge is -2.32. The first kappa shape index (κ1) is 23.0. The van der Waals surface area contributed by atoms with Gasteiger partial charge in [-0.1, -0.05) is 30.3 Å². The third-order valence-corrected chi connectivity index (χ3v) is 5.61. The van der Waals surface area contributed by atoms with E-state index < -0.39 is 30.2 Å². The molecule has 8 heteroatoms. The summed E-state index contributed by atoms with van der Waals surface area (Å²) >= 11 is 0. The number of hydrogen-bond donors (Lipinski definition) is 1. The van der Waals surface area contributed by atoms with Crippen molar-refractivity contribution in [3.63, 3.8) is 0 Å². The summed E-state index contributed by atoms with van der Waals surface area (Å²) in [4.78, 5) is 16.4. The van der Waals surface area contributed by atoms with Crippen molar-refractivity contribution < 1.29 is 23.2 Å². The van der Waals surface area contributed by atoms with E-state index in [1.165, 1.54) is 6.07 Å². The second-order valence-electron chi connectivity index (χ2n) is 8.58. The summed E-state index contributed by atoms with van der Waals surface area (Å²) in [6.45, 7) is 9.87. The van der Waals surface area contributed by atoms with Gasteiger partial charge in [0.1, 0.15) is 12.4 Å². The van der Waals surface area contributed by atoms with Crippen LogP contribution < -0.4 is 5.32 Å². The maximum absolute atomic E-state index is 13.5. The van der Waals surface area contributed by atoms with Crippen LogP contribution in [-0.2, 0) is 20.7 Å². The van der Waals surface area contributed by atoms with Gasteiger partial charge in [0, 0.05) is 6.54 Å². The predicted octanol–water partition coefficient (Wildman–Crippen LogP) is 4.47. The first-order chi connectivity index (χ1) is 14.6. The van der Waals surface area contributed by atoms with Gasteiger partial charge in [0.25, 0.3) is 0 Å². The van der Waals surface area contributed by atoms with Crippen molar-refractivity contribution in [1.29, 1.82) is 0 Å². The lowest BCUT2D eigenvalue weighted by Crippen LogP contribution is -2.41. The number of carbonyl (C=O) groups excluding carboxylic acids is 1. The van der Waals surface area contributed by atoms with Crippen LogP contribution in [0, 0.1) is 12.7 Å². The number of ether oxygens (including phenoxy) is 1. The van der Waals surface area contributed by atoms with Gasteiger partial charge < -0.3 is 19.4 Å². The van der Waals surface area contributed by atoms with Gasteiger partial charge in [0.15, 0.2) is 0 Å². The Labute approximate surface area is 183 Å². The van der Waals surface area contributed by atoms with Crippen LogP contribution in [0.3, 0.4) is 0 Å². The van der Waals surface area contributed by atoms with Gasteiger partial charge in [-0.15, -0.1) is 0 Å². The number of amides is 1. The topological polar surface area (TPSA) is 69.7 Å². The predicted molar refractivity (Wildman–Crippen MR) is 118 cm³/mol. The number of benzene rings is 1. The third kappa shape index (κ3) is 5.71. The molecular weight excluding hydrogens is 398 g/mol. The molecular formula is C23H28BFN2O4. The second-order valence-corrected chi connectivity index (χ2v) is 8.58. The lowest BCUT2D eigenvalue weighted by atomic mass is 9.77. The van der Waals surface area contributed by atoms with Crippen LogP contribution in [0.1, 0.15) is 44.5 Å². The van der Waals surface area contributed by atoms with Gasteiger partial charge in [-0.2, -0.15) is 0 Å². The highest BCUT2D eigenvalue weighted by Crippen LogP contribution is 2.38. The normalized spacial score (nSPS) is 17.5. The van der Waals surface area contributed by atoms with Crippen LogP contribution in [-0.4, -0.2) is 35.9 Å². The Morgan fingerprint density at radius 2 is 1.84 bits per heavy atom. The van der Waals surface area contributed by atoms with Crippen LogP contribution in [0.15, 0.2) is 48.1 Å². The lowest BCUT2D eigenvalue weighted by molar-refractivity contribution is 0.00578. The number of aromatic nitrogens is 1. The fourth-order valence-electron chi connectivity index (χ4n) is 3.02. The fraction of sp³-hybridized carbons (Fsp3) is 0.391. The molecule has 1 fully saturated rings. The smallest absolute Gasteiger partial charge is 0.445 e. The molecule has 1 aliphatic rings. The standard InChI is InChI=1S/C23H28BFN2O4/c1-16-11-19(25)14-26-20(16)12-18(24-30-22(2,3)23(4,5)31-24)13-27-21(28)29-15-17-9-7-6-8-10-17/h6-12,14H,13,15H2,1-5H3,(H,27,28). The molecule has 1 aromatic carbocycles. The van der Waals surface area contributed by atoms with Gasteiger partial charge in [-0.3, -0.25) is 4.98 Å². The highest BCUT2D eigenvalue weighted by molar-refractivity contribution is 6.56. The fourth-order valence-corrected chi connectivity index (χ4v) is 3.02. The molecule has 0 spiro atoms. The van der Waals surface area contributed by atoms with Gasteiger partial charge in [-0.05, 0) is 63.4 Å². The van der Waals surface area contributed by atoms with Crippen molar-refractivity contribution in [2.75, 3.05) is 6.54 Å². The number of halogens is 1. The van der Waals surface area contributed by atoms with E-state index in [9.17, 15) is 9.18 Å². The number of nitrogens with one attached hydrogen (secondary N) is 1. The maximum Gasteiger partial charge on any atom is 0.492 e. The van der Waals surface area contributed by atoms with Crippen LogP contribution >= 0.6 is 0 Å². The number of aryl methyl sites for hydroxylation is 1. The summed E-state index contributed by atoms with van der Waals surface area (Å²) in [5, 5.41) is 2.74. The number of pyridine rings is 1. The SMILES string of the molecule is Cc1cc(F)cnc1C=C(CNC(=O)OCc1ccccc1)B1OC(C)(C)C(C)(C)O1. The Kier molecular flexibility index (Phi) is 6.82. The zero-order valence-corrected chi connectivity index (χ0v) is 18.6. The number of alkyl carbamates (subject to hydrolysis) is 1. The minimum Gasteiger partial charge on any atom is -0.445 e. The first-order valence-electron chi connectivity index (χ1n) is 10.2. The van der Waals surface area contributed by atoms with Crippen molar-refractivity contribution in [2.24, 2.45) is 0 Å². The van der Waals surface area contributed by atoms with Gasteiger partial charge in [0.2, 0.25) is 0 Å². The molecule has 6 nitrogen and oxygen atoms in total. The molecule has 164 valence electrons. The van der Waals surface area contributed by atoms with Crippen molar-refractivity contribution in [3.05, 3.63) is 70.7 Å². The number of carbonyl (C=O) groups is 1. The Morgan fingerprint density at radius 3 is 2.45 bits per heavy atom. The monoisotopic (exact) mass is 426 g/mol. The minimum atomic E-state index is -0.689. The number of hydrogen-bond acceptors (Lipinski definition) is 5. The van der Waals surface area contributed by atoms with Crippen LogP contribution in [0.4, 0.5) is 9.18 Å². The average Bonchev–Trinajstić information content (AvgIpc) is 2.93. The largest absolute Gasteiger partial charge is 0.492 e. The minimum absolute atomic E-state index is 0.128. The molecule has 31 heavy (non-hydrogen) atoms. The second kappa shape index (κ2) is 9.20. The molecule has 2 heterocycles. The summed E-state index contributed by atoms with van der Waals surface area (Å²) in [6.07, 6.45) is 2.35. The van der Waals surface area contributed by atoms with Crippen molar-refractivity contribution in [1.82, 2.24) is 10.3 Å². The van der Waals surface area contributed by atoms with Crippen molar-refractivity contribution >= 4 is 19.3 Å². The molecule has 0 radical (unpaired) electrons. The Bertz CT molecular complexity index is 947. The quantitative estimate of drug-likeness (QED) is 0.691. The van der Waals surface area contributed by atoms with E-state index >= 15 is 0 Å². The number of rotatable bonds is 6. The summed E-state index contributed by atoms with van der Waals surface area (Å²) in [7, 11) is -0.689. The average molecular weight is 426 g/mol. The van der Waals surface area contributed by atoms with Crippen LogP contribution in [0.5, 0.6) is 0 Å². The van der Waals surface area contributed by atoms with Crippen LogP contribution in [0.2, 0.25) is 0 Å². The first-order valence-corrected chi connectivity index (χ1v) is 10.2. The zero-order chi connectivity index (χ0) is 22.6. The third-order valence-electron chi connectivity index (χ3n) is 5.61. The van der Waals surface area contributed by atoms with Gasteiger partial charge >= 0.3 is 13.2 Å². The molecule has 0 atom stereocenters. The highest BCUT2D eigenvalue weighted by atomic mass is 19.1. The molecule has 1 aliphatic heterocycles. The van der Waals surface area contributed by atoms with E-state index in [2.05, 4.69) is 10.3 Å². The van der Waals surface area contributed by atoms with E-state index in [1.54, 1.807) is 13.0 Å². The molecule has 0 aliphatic carbocycles. The Hall–Kier alpha value is -2.71. The maximum atomic E-state index is 13.5. The van der Waals surface area contributed by atoms with E-state index in [-0.39, 0.29) is 13.2 Å². The van der Waals surface area contributed by atoms with E-state index in [0.717, 1.165) is 11.8 Å². The van der Waals surface area contributed by atoms with E-state index in [4.69, 9.17) is 14.0 Å². The van der Waals surface area contributed by atoms with E-state index in [0.29, 0.717) is 16.7 Å². The van der Waals surface area contributed by atoms with Crippen molar-refractivity contribution in [2.45, 2.75) is 52.4 Å². The zero-order valence-electron chi connectivity index (χ0n) is 18.6. The molecule has 0 unspecified atom stereocenters. The summed E-state index contributed by atoms with van der Waals surface area (Å²) in [5.41, 5.74) is 1.69. The molecule has 2 aromatic rings. The highest BCUT2D eigenvalue weighted by Gasteiger charge is 2.52. The summed E-state index contributed by atoms with van der Waals surface area (Å²) < 4.78 is 31.0. The summed E-state index contributed by atoms with van der Waals surface area (Å²) in [5.74, 6) is -0.408. The summed E-state index contributed by atoms with van der Waals surface area (Å²) in [6, 6.07) is 10.8. The van der Waals surface area contributed by atoms with Crippen molar-refractivity contribution in [3.8, 4) is 0 Å². The number of nitrogens with zero attached hydrogens (tertiary/aromatic N) is 1. The van der Waals surface area contributed by atoms with Gasteiger partial charge in [-0.25, -0.2) is 9.18 Å². The molecule has 1 N–H and O–H groups in total. The molecule has 1 saturated heterocycles. The van der Waals surface area contributed by atoms with Gasteiger partial charge in [0.05, 0.1) is 23.1 Å². The van der Waals surface area contributed by atoms with Crippen LogP contribution in [0.25, 0.3) is 6.08 Å². The molecule has 3 rings (SSSR count). The molecule has 0 saturated carbocycles. The van der Waals surface area contributed by atoms with E-state index in [1.807, 2.05) is 58.0 Å². The Balaban J connectivity index is 1.74. The molecule has 1 amide bonds. The molecule has 0 bridgehead atoms. The molecule has 1 aromatic heterocycles. The Morgan fingerprint density at radius 1 is 1.19 bits per heavy atom.